The summed E-state index contributed by atoms with van der Waals surface area (Å²) in [5.74, 6) is -2.93. The maximum Gasteiger partial charge on any atom is 2.00 e. The molecule has 0 atom stereocenters. The van der Waals surface area contributed by atoms with Crippen LogP contribution in [0.3, 0.4) is 0 Å². The number of rotatable bonds is 2. The monoisotopic (exact) mass is 2090 g/mol. The molecule has 0 heterocycles. The first kappa shape index (κ1) is 134. The molecule has 0 bridgehead atoms. The van der Waals surface area contributed by atoms with Crippen molar-refractivity contribution < 1.29 is 180 Å². The molecule has 0 unspecified atom stereocenters. The molecule has 0 aliphatic rings. The van der Waals surface area contributed by atoms with E-state index in [2.05, 4.69) is 0 Å². The van der Waals surface area contributed by atoms with Gasteiger partial charge in [0.2, 0.25) is 0 Å². The molecule has 4 rings (SSSR count). The van der Waals surface area contributed by atoms with Gasteiger partial charge < -0.3 is 131 Å². The molecule has 75 heavy (non-hydrogen) atoms. The molecule has 4 aromatic carbocycles. The van der Waals surface area contributed by atoms with E-state index in [-0.39, 0.29) is 179 Å². The first-order chi connectivity index (χ1) is 29.3. The molecular weight excluding hydrogens is 2030 g/mol. The van der Waals surface area contributed by atoms with Crippen LogP contribution in [0.5, 0.6) is 34.5 Å². The number of phenolic OH excluding ortho intramolecular Hbond substituents is 4. The Balaban J connectivity index is -0.0000000248. The van der Waals surface area contributed by atoms with Crippen molar-refractivity contribution in [1.29, 1.82) is 0 Å². The summed E-state index contributed by atoms with van der Waals surface area (Å²) in [5, 5.41) is 105. The number of carboxylic acids is 2. The first-order valence-electron chi connectivity index (χ1n) is 13.7. The second-order valence-corrected chi connectivity index (χ2v) is 11.6. The number of benzene rings is 4. The smallest absolute Gasteiger partial charge is 0.693 e. The SMILES string of the molecule is O=C(O)c1ccccc1O.O=C(O)c1ccccc1O.O=N[O-].O=N[O-].O=N[O-].O=N[O-].O[AsH]O.O[As](O)O.O[SeH](O)O.O[SeH](O)O.Oc1ccccc1O.Oc1ccccc1O.[NH2-].[NH2-].[NH2-].[NH2-].[NH2-].[NH2-].[NH2-].[NH2-].[Pt+2].[Pt+2].[Pt+2].[Pt+2]. The topological polar surface area (TPSA) is 896 Å². The number of carbonyl (C=O) groups is 2. The summed E-state index contributed by atoms with van der Waals surface area (Å²) in [5.41, 5.74) is -0.134. The number of hydrogen-bond acceptors (Lipinski definition) is 31. The fourth-order valence-electron chi connectivity index (χ4n) is 2.24. The Labute approximate surface area is 503 Å². The zero-order valence-corrected chi connectivity index (χ0v) is 53.1. The van der Waals surface area contributed by atoms with E-state index in [4.69, 9.17) is 127 Å². The maximum atomic E-state index is 10.3. The van der Waals surface area contributed by atoms with Gasteiger partial charge in [0, 0.05) is 0 Å². The number of phenols is 6. The Kier molecular flexibility index (Phi) is 190. The number of aromatic hydroxyl groups is 6. The summed E-state index contributed by atoms with van der Waals surface area (Å²) in [6, 6.07) is 23.9. The molecule has 0 spiro atoms. The normalized spacial score (nSPS) is 6.93. The van der Waals surface area contributed by atoms with E-state index >= 15 is 0 Å². The van der Waals surface area contributed by atoms with Crippen LogP contribution in [0.15, 0.2) is 118 Å². The molecular formula is C26H54As2N12O29Pt4Se2-4. The second kappa shape index (κ2) is 107. The molecule has 4 aromatic rings. The zero-order valence-electron chi connectivity index (χ0n) is 36.3. The van der Waals surface area contributed by atoms with Gasteiger partial charge in [0.05, 0.1) is 0 Å². The summed E-state index contributed by atoms with van der Waals surface area (Å²) in [4.78, 5) is 52.5. The fourth-order valence-corrected chi connectivity index (χ4v) is 2.24. The molecule has 0 radical (unpaired) electrons. The van der Waals surface area contributed by atoms with Crippen LogP contribution >= 0.6 is 0 Å². The van der Waals surface area contributed by atoms with Gasteiger partial charge in [0.15, 0.2) is 23.0 Å². The molecule has 458 valence electrons. The largest absolute Gasteiger partial charge is 2.00 e. The molecule has 41 nitrogen and oxygen atoms in total. The van der Waals surface area contributed by atoms with Gasteiger partial charge in [-0.3, -0.25) is 0 Å². The predicted molar refractivity (Wildman–Crippen MR) is 260 cm³/mol. The van der Waals surface area contributed by atoms with Crippen LogP contribution in [0.25, 0.3) is 49.2 Å². The second-order valence-electron chi connectivity index (χ2n) is 7.83. The van der Waals surface area contributed by atoms with Crippen molar-refractivity contribution in [3.05, 3.63) is 198 Å². The van der Waals surface area contributed by atoms with Crippen LogP contribution in [0, 0.1) is 40.5 Å². The standard InChI is InChI=1S/2C7H6O3.2C6H6O2.AsH3O3.AsH3O2.4HNO2.8H2N.2H4O3Se.4Pt/c2*8-6-4-2-1-3-5(6)7(9)10;2*7-5-3-1-2-4-6(5)8;2-1(3)4;5*2-1-3;;;;;;;;;2*1-4(2)3;;;;/h2*1-4,8H,(H,9,10);2*1-4,7-8H;2-4H;1-3H;4*(H,2,3);8*1H2;2*1-4H;;;;/q;;;;;;;;;;8*-1;;;4*+2/p-4. The average Bonchev–Trinajstić information content (AvgIpc) is 3.16. The van der Waals surface area contributed by atoms with Crippen molar-refractivity contribution in [2.75, 3.05) is 0 Å². The average molecular weight is 2090 g/mol. The molecule has 0 aliphatic carbocycles. The van der Waals surface area contributed by atoms with Crippen molar-refractivity contribution >= 4 is 73.8 Å². The minimum Gasteiger partial charge on any atom is -0.693 e. The number of hydrogen-bond donors (Lipinski definition) is 19. The van der Waals surface area contributed by atoms with Crippen LogP contribution in [0.2, 0.25) is 0 Å². The van der Waals surface area contributed by atoms with Crippen LogP contribution in [-0.2, 0) is 84.3 Å². The van der Waals surface area contributed by atoms with E-state index in [9.17, 15) is 9.59 Å². The molecule has 0 amide bonds. The number of nitrogens with zero attached hydrogens (tertiary/aromatic N) is 4. The van der Waals surface area contributed by atoms with E-state index in [1.807, 2.05) is 0 Å². The van der Waals surface area contributed by atoms with Gasteiger partial charge in [-0.25, -0.2) is 9.59 Å². The van der Waals surface area contributed by atoms with Gasteiger partial charge in [0.25, 0.3) is 0 Å². The number of aromatic carboxylic acids is 2. The number of nitrogens with two attached hydrogens (primary N) is 8. The summed E-state index contributed by atoms with van der Waals surface area (Å²) in [6.45, 7) is 0. The van der Waals surface area contributed by atoms with Gasteiger partial charge >= 0.3 is 204 Å². The molecule has 35 N–H and O–H groups in total. The molecule has 0 aromatic heterocycles. The first-order valence-corrected chi connectivity index (χ1v) is 23.1. The van der Waals surface area contributed by atoms with Crippen LogP contribution < -0.4 is 0 Å². The van der Waals surface area contributed by atoms with E-state index in [1.54, 1.807) is 48.5 Å². The third-order valence-electron chi connectivity index (χ3n) is 4.03. The summed E-state index contributed by atoms with van der Waals surface area (Å²) in [6.07, 6.45) is 0. The Hall–Kier alpha value is -3.63. The quantitative estimate of drug-likeness (QED) is 0.0593. The van der Waals surface area contributed by atoms with E-state index < -0.39 is 73.8 Å². The number of para-hydroxylation sites is 6. The van der Waals surface area contributed by atoms with Crippen molar-refractivity contribution in [3.8, 4) is 34.5 Å². The van der Waals surface area contributed by atoms with E-state index in [0.29, 0.717) is 0 Å². The van der Waals surface area contributed by atoms with Crippen molar-refractivity contribution in [1.82, 2.24) is 0 Å². The van der Waals surface area contributed by atoms with Crippen LogP contribution in [0.1, 0.15) is 20.7 Å². The Bertz CT molecular complexity index is 1550. The summed E-state index contributed by atoms with van der Waals surface area (Å²) in [7, 11) is 0. The third-order valence-corrected chi connectivity index (χ3v) is 4.03. The molecule has 49 heteroatoms. The number of carboxylic acid groups (broad SMARTS) is 2. The van der Waals surface area contributed by atoms with Crippen molar-refractivity contribution in [2.45, 2.75) is 0 Å². The molecule has 0 fully saturated rings. The fraction of sp³-hybridized carbons (Fsp3) is 0. The maximum absolute atomic E-state index is 10.3. The Morgan fingerprint density at radius 1 is 0.387 bits per heavy atom. The summed E-state index contributed by atoms with van der Waals surface area (Å²) < 4.78 is 80.3. The van der Waals surface area contributed by atoms with Crippen molar-refractivity contribution in [2.24, 2.45) is 21.4 Å². The van der Waals surface area contributed by atoms with Gasteiger partial charge in [-0.05, 0) is 48.5 Å². The van der Waals surface area contributed by atoms with E-state index in [1.165, 1.54) is 48.5 Å². The minimum atomic E-state index is -3.19. The van der Waals surface area contributed by atoms with Gasteiger partial charge in [0.1, 0.15) is 22.6 Å². The third kappa shape index (κ3) is 141. The van der Waals surface area contributed by atoms with Gasteiger partial charge in [-0.2, -0.15) is 0 Å². The van der Waals surface area contributed by atoms with Gasteiger partial charge in [-0.1, -0.05) is 48.5 Å². The van der Waals surface area contributed by atoms with E-state index in [0.717, 1.165) is 21.4 Å². The Morgan fingerprint density at radius 3 is 0.547 bits per heavy atom. The molecule has 0 saturated heterocycles. The molecule has 0 saturated carbocycles. The molecule has 0 aliphatic heterocycles. The Morgan fingerprint density at radius 2 is 0.480 bits per heavy atom. The van der Waals surface area contributed by atoms with Crippen LogP contribution in [-0.4, -0.2) is 160 Å². The predicted octanol–water partition coefficient (Wildman–Crippen LogP) is 2.65. The zero-order chi connectivity index (χ0) is 51.4. The summed E-state index contributed by atoms with van der Waals surface area (Å²) >= 11 is -11.1. The minimum absolute atomic E-state index is 0. The van der Waals surface area contributed by atoms with Crippen LogP contribution in [0.4, 0.5) is 0 Å². The van der Waals surface area contributed by atoms with Gasteiger partial charge in [-0.15, -0.1) is 21.4 Å². The van der Waals surface area contributed by atoms with Crippen molar-refractivity contribution in [3.63, 3.8) is 0 Å².